The highest BCUT2D eigenvalue weighted by molar-refractivity contribution is 7.71. The van der Waals surface area contributed by atoms with Gasteiger partial charge in [-0.25, -0.2) is 0 Å². The van der Waals surface area contributed by atoms with E-state index < -0.39 is 0 Å². The smallest absolute Gasteiger partial charge is 0.122 e. The van der Waals surface area contributed by atoms with Crippen molar-refractivity contribution in [1.29, 1.82) is 5.26 Å². The van der Waals surface area contributed by atoms with E-state index in [0.717, 1.165) is 29.7 Å². The highest BCUT2D eigenvalue weighted by Gasteiger charge is 2.26. The molecule has 1 atom stereocenters. The molecule has 0 fully saturated rings. The first kappa shape index (κ1) is 15.3. The summed E-state index contributed by atoms with van der Waals surface area (Å²) in [5, 5.41) is 11.7. The lowest BCUT2D eigenvalue weighted by Crippen LogP contribution is -2.16. The first-order valence-corrected chi connectivity index (χ1v) is 9.33. The van der Waals surface area contributed by atoms with Crippen LogP contribution in [-0.4, -0.2) is 4.98 Å². The molecule has 1 aliphatic carbocycles. The van der Waals surface area contributed by atoms with Gasteiger partial charge >= 0.3 is 0 Å². The monoisotopic (exact) mass is 348 g/mol. The van der Waals surface area contributed by atoms with E-state index in [0.29, 0.717) is 16.1 Å². The summed E-state index contributed by atoms with van der Waals surface area (Å²) in [4.78, 5) is 4.45. The molecule has 0 amide bonds. The largest absolute Gasteiger partial charge is 0.349 e. The van der Waals surface area contributed by atoms with Gasteiger partial charge in [-0.3, -0.25) is 0 Å². The third-order valence-corrected chi connectivity index (χ3v) is 5.94. The first-order valence-electron chi connectivity index (χ1n) is 8.05. The van der Waals surface area contributed by atoms with Crippen molar-refractivity contribution in [3.63, 3.8) is 0 Å². The van der Waals surface area contributed by atoms with Crippen LogP contribution in [-0.2, 0) is 12.8 Å². The Morgan fingerprint density at radius 2 is 2.00 bits per heavy atom. The van der Waals surface area contributed by atoms with Crippen molar-refractivity contribution in [2.45, 2.75) is 25.2 Å². The Morgan fingerprint density at radius 1 is 1.17 bits per heavy atom. The van der Waals surface area contributed by atoms with Crippen molar-refractivity contribution < 1.29 is 0 Å². The number of thiophene rings is 1. The number of fused-ring (bicyclic) bond motifs is 1. The number of aromatic amines is 1. The fourth-order valence-corrected chi connectivity index (χ4v) is 4.68. The lowest BCUT2D eigenvalue weighted by Gasteiger charge is -2.27. The Kier molecular flexibility index (Phi) is 4.05. The van der Waals surface area contributed by atoms with Crippen LogP contribution in [0.2, 0.25) is 0 Å². The fraction of sp³-hybridized carbons (Fsp3) is 0.200. The molecule has 1 N–H and O–H groups in total. The Bertz CT molecular complexity index is 963. The van der Waals surface area contributed by atoms with Crippen LogP contribution >= 0.6 is 23.6 Å². The summed E-state index contributed by atoms with van der Waals surface area (Å²) in [7, 11) is 0. The molecular weight excluding hydrogens is 332 g/mol. The van der Waals surface area contributed by atoms with Crippen LogP contribution in [0.1, 0.15) is 34.7 Å². The highest BCUT2D eigenvalue weighted by atomic mass is 32.1. The van der Waals surface area contributed by atoms with Gasteiger partial charge in [0.05, 0.1) is 5.56 Å². The van der Waals surface area contributed by atoms with E-state index in [1.807, 2.05) is 6.07 Å². The first-order chi connectivity index (χ1) is 11.8. The molecule has 2 nitrogen and oxygen atoms in total. The molecule has 1 aliphatic rings. The number of hydrogen-bond donors (Lipinski definition) is 1. The van der Waals surface area contributed by atoms with Gasteiger partial charge < -0.3 is 4.98 Å². The third kappa shape index (κ3) is 2.60. The van der Waals surface area contributed by atoms with E-state index >= 15 is 0 Å². The van der Waals surface area contributed by atoms with Crippen molar-refractivity contribution in [1.82, 2.24) is 4.98 Å². The second-order valence-electron chi connectivity index (χ2n) is 6.10. The molecule has 0 spiro atoms. The van der Waals surface area contributed by atoms with Crippen molar-refractivity contribution >= 4 is 23.6 Å². The van der Waals surface area contributed by atoms with Gasteiger partial charge in [-0.1, -0.05) is 48.6 Å². The van der Waals surface area contributed by atoms with E-state index in [2.05, 4.69) is 52.8 Å². The number of aryl methyl sites for hydroxylation is 1. The number of aromatic nitrogens is 1. The molecule has 2 heterocycles. The molecule has 0 radical (unpaired) electrons. The molecule has 4 heteroatoms. The molecule has 24 heavy (non-hydrogen) atoms. The number of rotatable bonds is 2. The van der Waals surface area contributed by atoms with Crippen molar-refractivity contribution in [2.75, 3.05) is 0 Å². The molecular formula is C20H16N2S2. The Morgan fingerprint density at radius 3 is 2.71 bits per heavy atom. The van der Waals surface area contributed by atoms with Crippen LogP contribution in [0.15, 0.2) is 47.8 Å². The summed E-state index contributed by atoms with van der Waals surface area (Å²) in [6.45, 7) is 0. The maximum absolute atomic E-state index is 9.65. The molecule has 2 aromatic heterocycles. The van der Waals surface area contributed by atoms with Crippen LogP contribution in [0.25, 0.3) is 10.4 Å². The van der Waals surface area contributed by atoms with E-state index in [9.17, 15) is 5.26 Å². The summed E-state index contributed by atoms with van der Waals surface area (Å²) in [5.74, 6) is 0.494. The van der Waals surface area contributed by atoms with Gasteiger partial charge in [-0.15, -0.1) is 11.3 Å². The zero-order chi connectivity index (χ0) is 16.5. The van der Waals surface area contributed by atoms with Crippen molar-refractivity contribution in [2.24, 2.45) is 0 Å². The summed E-state index contributed by atoms with van der Waals surface area (Å²) in [6, 6.07) is 17.1. The van der Waals surface area contributed by atoms with Gasteiger partial charge in [0.1, 0.15) is 10.7 Å². The van der Waals surface area contributed by atoms with Crippen LogP contribution in [0, 0.1) is 16.0 Å². The van der Waals surface area contributed by atoms with Gasteiger partial charge in [-0.2, -0.15) is 5.26 Å². The van der Waals surface area contributed by atoms with Gasteiger partial charge in [0.15, 0.2) is 0 Å². The lowest BCUT2D eigenvalue weighted by atomic mass is 9.79. The molecule has 0 unspecified atom stereocenters. The topological polar surface area (TPSA) is 39.6 Å². The Labute approximate surface area is 150 Å². The molecule has 0 saturated heterocycles. The number of nitrogens with zero attached hydrogens (tertiary/aromatic N) is 1. The molecule has 118 valence electrons. The number of H-pyrrole nitrogens is 1. The minimum absolute atomic E-state index is 0.494. The minimum Gasteiger partial charge on any atom is -0.349 e. The highest BCUT2D eigenvalue weighted by Crippen LogP contribution is 2.40. The number of benzene rings is 1. The zero-order valence-corrected chi connectivity index (χ0v) is 14.7. The Hall–Kier alpha value is -2.22. The molecule has 1 aromatic carbocycles. The van der Waals surface area contributed by atoms with Gasteiger partial charge in [-0.05, 0) is 47.8 Å². The second-order valence-corrected chi connectivity index (χ2v) is 7.46. The maximum atomic E-state index is 9.65. The molecule has 3 aromatic rings. The van der Waals surface area contributed by atoms with E-state index in [1.54, 1.807) is 11.3 Å². The second kappa shape index (κ2) is 6.35. The van der Waals surface area contributed by atoms with Gasteiger partial charge in [0.2, 0.25) is 0 Å². The number of nitriles is 1. The number of hydrogen-bond acceptors (Lipinski definition) is 3. The zero-order valence-electron chi connectivity index (χ0n) is 13.1. The normalized spacial score (nSPS) is 16.4. The third-order valence-electron chi connectivity index (χ3n) is 4.75. The average molecular weight is 348 g/mol. The minimum atomic E-state index is 0.494. The molecule has 0 saturated carbocycles. The SMILES string of the molecule is N#Cc1c(-c2cccs2)c2c([nH]c1=S)CC[C@H](c1ccccc1)C2. The molecule has 4 rings (SSSR count). The van der Waals surface area contributed by atoms with Crippen molar-refractivity contribution in [3.05, 3.63) is 74.9 Å². The van der Waals surface area contributed by atoms with Crippen LogP contribution < -0.4 is 0 Å². The molecule has 0 aliphatic heterocycles. The Balaban J connectivity index is 1.88. The molecule has 0 bridgehead atoms. The van der Waals surface area contributed by atoms with E-state index in [-0.39, 0.29) is 0 Å². The van der Waals surface area contributed by atoms with Gasteiger partial charge in [0, 0.05) is 16.1 Å². The maximum Gasteiger partial charge on any atom is 0.122 e. The summed E-state index contributed by atoms with van der Waals surface area (Å²) < 4.78 is 0.567. The summed E-state index contributed by atoms with van der Waals surface area (Å²) in [5.41, 5.74) is 5.50. The van der Waals surface area contributed by atoms with Crippen LogP contribution in [0.3, 0.4) is 0 Å². The van der Waals surface area contributed by atoms with Gasteiger partial charge in [0.25, 0.3) is 0 Å². The van der Waals surface area contributed by atoms with Crippen LogP contribution in [0.4, 0.5) is 0 Å². The average Bonchev–Trinajstić information content (AvgIpc) is 3.15. The predicted octanol–water partition coefficient (Wildman–Crippen LogP) is 5.62. The quantitative estimate of drug-likeness (QED) is 0.611. The van der Waals surface area contributed by atoms with Crippen LogP contribution in [0.5, 0.6) is 0 Å². The lowest BCUT2D eigenvalue weighted by molar-refractivity contribution is 0.574. The van der Waals surface area contributed by atoms with E-state index in [1.165, 1.54) is 16.8 Å². The van der Waals surface area contributed by atoms with E-state index in [4.69, 9.17) is 12.2 Å². The summed E-state index contributed by atoms with van der Waals surface area (Å²) in [6.07, 6.45) is 3.04. The van der Waals surface area contributed by atoms with Crippen molar-refractivity contribution in [3.8, 4) is 16.5 Å². The summed E-state index contributed by atoms with van der Waals surface area (Å²) >= 11 is 7.12. The predicted molar refractivity (Wildman–Crippen MR) is 101 cm³/mol. The number of pyridine rings is 1. The number of nitrogens with one attached hydrogen (secondary N) is 1. The fourth-order valence-electron chi connectivity index (χ4n) is 3.61. The standard InChI is InChI=1S/C20H16N2S2/c21-12-16-19(18-7-4-10-24-18)15-11-14(13-5-2-1-3-6-13)8-9-17(15)22-20(16)23/h1-7,10,14H,8-9,11H2,(H,22,23)/t14-/m0/s1.